The van der Waals surface area contributed by atoms with Crippen molar-refractivity contribution < 1.29 is 23.9 Å². The number of esters is 1. The molecule has 9 nitrogen and oxygen atoms in total. The zero-order chi connectivity index (χ0) is 34.0. The van der Waals surface area contributed by atoms with E-state index in [4.69, 9.17) is 4.74 Å². The predicted octanol–water partition coefficient (Wildman–Crippen LogP) is 7.01. The Morgan fingerprint density at radius 1 is 0.896 bits per heavy atom. The van der Waals surface area contributed by atoms with Gasteiger partial charge in [0.1, 0.15) is 10.7 Å². The molecule has 248 valence electrons. The number of hydrogen-bond donors (Lipinski definition) is 3. The maximum atomic E-state index is 13.5. The molecule has 1 aliphatic carbocycles. The molecule has 11 heteroatoms. The zero-order valence-electron chi connectivity index (χ0n) is 27.1. The van der Waals surface area contributed by atoms with Gasteiger partial charge in [0.05, 0.1) is 18.4 Å². The van der Waals surface area contributed by atoms with Crippen LogP contribution >= 0.6 is 23.1 Å². The van der Waals surface area contributed by atoms with E-state index in [0.29, 0.717) is 21.8 Å². The van der Waals surface area contributed by atoms with Gasteiger partial charge in [-0.1, -0.05) is 42.8 Å². The van der Waals surface area contributed by atoms with Crippen molar-refractivity contribution in [1.29, 1.82) is 0 Å². The molecule has 3 amide bonds. The van der Waals surface area contributed by atoms with Crippen molar-refractivity contribution in [2.24, 2.45) is 0 Å². The average molecular weight is 683 g/mol. The summed E-state index contributed by atoms with van der Waals surface area (Å²) in [7, 11) is 5.25. The number of benzene rings is 3. The molecule has 1 aliphatic rings. The molecule has 3 N–H and O–H groups in total. The first-order chi connectivity index (χ1) is 23.2. The molecule has 0 bridgehead atoms. The van der Waals surface area contributed by atoms with Gasteiger partial charge in [-0.3, -0.25) is 14.4 Å². The number of fused-ring (bicyclic) bond motifs is 1. The van der Waals surface area contributed by atoms with Crippen molar-refractivity contribution in [2.45, 2.75) is 37.0 Å². The molecule has 4 aromatic rings. The number of amides is 3. The number of thiophene rings is 1. The smallest absolute Gasteiger partial charge is 0.341 e. The van der Waals surface area contributed by atoms with Gasteiger partial charge in [0.15, 0.2) is 0 Å². The normalized spacial score (nSPS) is 12.7. The van der Waals surface area contributed by atoms with Crippen LogP contribution in [-0.4, -0.2) is 50.6 Å². The van der Waals surface area contributed by atoms with E-state index in [9.17, 15) is 19.2 Å². The van der Waals surface area contributed by atoms with Crippen LogP contribution in [0.25, 0.3) is 6.08 Å². The summed E-state index contributed by atoms with van der Waals surface area (Å²) in [6, 6.07) is 23.5. The van der Waals surface area contributed by atoms with Crippen molar-refractivity contribution in [3.05, 3.63) is 112 Å². The zero-order valence-corrected chi connectivity index (χ0v) is 28.8. The standard InChI is InChI=1S/C37H38N4O5S2/c1-41(2)27-19-17-24(18-20-27)21-30(39-34(43)25-11-6-4-7-12-25)35(44)38-26-13-10-14-28(22-26)47-23-32(42)40-36-33(37(45)46-3)29-15-8-5-9-16-31(29)48-36/h4,6-7,10-14,17-22H,5,8-9,15-16,23H2,1-3H3,(H,38,44)(H,39,43)(H,40,42)/b30-21+. The summed E-state index contributed by atoms with van der Waals surface area (Å²) in [5, 5.41) is 9.12. The van der Waals surface area contributed by atoms with Gasteiger partial charge in [-0.05, 0) is 85.4 Å². The van der Waals surface area contributed by atoms with Gasteiger partial charge in [-0.15, -0.1) is 23.1 Å². The van der Waals surface area contributed by atoms with E-state index in [1.165, 1.54) is 30.2 Å². The van der Waals surface area contributed by atoms with Crippen LogP contribution in [0, 0.1) is 0 Å². The van der Waals surface area contributed by atoms with Crippen LogP contribution in [0.2, 0.25) is 0 Å². The Morgan fingerprint density at radius 3 is 2.38 bits per heavy atom. The Bertz CT molecular complexity index is 1820. The van der Waals surface area contributed by atoms with Crippen molar-refractivity contribution in [3.8, 4) is 0 Å². The van der Waals surface area contributed by atoms with E-state index in [1.807, 2.05) is 55.4 Å². The Hall–Kier alpha value is -4.87. The van der Waals surface area contributed by atoms with Gasteiger partial charge < -0.3 is 25.6 Å². The van der Waals surface area contributed by atoms with Crippen LogP contribution in [0.1, 0.15) is 56.0 Å². The summed E-state index contributed by atoms with van der Waals surface area (Å²) in [6.45, 7) is 0. The fraction of sp³-hybridized carbons (Fsp3) is 0.243. The lowest BCUT2D eigenvalue weighted by molar-refractivity contribution is -0.114. The summed E-state index contributed by atoms with van der Waals surface area (Å²) in [5.41, 5.74) is 4.22. The maximum absolute atomic E-state index is 13.5. The third kappa shape index (κ3) is 8.93. The molecule has 0 radical (unpaired) electrons. The molecule has 0 fully saturated rings. The van der Waals surface area contributed by atoms with Crippen LogP contribution in [0.5, 0.6) is 0 Å². The largest absolute Gasteiger partial charge is 0.465 e. The number of nitrogens with zero attached hydrogens (tertiary/aromatic N) is 1. The molecular weight excluding hydrogens is 645 g/mol. The number of thioether (sulfide) groups is 1. The van der Waals surface area contributed by atoms with Gasteiger partial charge in [0.2, 0.25) is 5.91 Å². The lowest BCUT2D eigenvalue weighted by Gasteiger charge is -2.14. The van der Waals surface area contributed by atoms with E-state index in [2.05, 4.69) is 16.0 Å². The van der Waals surface area contributed by atoms with Gasteiger partial charge in [0.25, 0.3) is 11.8 Å². The SMILES string of the molecule is COC(=O)c1c(NC(=O)CSc2cccc(NC(=O)/C(=C\c3ccc(N(C)C)cc3)NC(=O)c3ccccc3)c2)sc2c1CCCCC2. The number of methoxy groups -OCH3 is 1. The molecule has 0 saturated heterocycles. The second kappa shape index (κ2) is 16.3. The van der Waals surface area contributed by atoms with Crippen molar-refractivity contribution >= 4 is 69.2 Å². The summed E-state index contributed by atoms with van der Waals surface area (Å²) in [6.07, 6.45) is 6.50. The van der Waals surface area contributed by atoms with Gasteiger partial charge in [-0.2, -0.15) is 0 Å². The van der Waals surface area contributed by atoms with E-state index >= 15 is 0 Å². The highest BCUT2D eigenvalue weighted by molar-refractivity contribution is 8.00. The quantitative estimate of drug-likeness (QED) is 0.0675. The fourth-order valence-corrected chi connectivity index (χ4v) is 7.35. The Kier molecular flexibility index (Phi) is 11.7. The van der Waals surface area contributed by atoms with Crippen LogP contribution in [-0.2, 0) is 27.2 Å². The first kappa shape index (κ1) is 34.5. The van der Waals surface area contributed by atoms with Gasteiger partial charge in [0, 0.05) is 40.8 Å². The van der Waals surface area contributed by atoms with Gasteiger partial charge >= 0.3 is 5.97 Å². The molecule has 48 heavy (non-hydrogen) atoms. The number of aryl methyl sites for hydroxylation is 1. The number of carbonyl (C=O) groups is 4. The van der Waals surface area contributed by atoms with Crippen LogP contribution in [0.3, 0.4) is 0 Å². The van der Waals surface area contributed by atoms with Crippen LogP contribution < -0.4 is 20.9 Å². The minimum atomic E-state index is -0.497. The van der Waals surface area contributed by atoms with Crippen LogP contribution in [0.4, 0.5) is 16.4 Å². The second-order valence-electron chi connectivity index (χ2n) is 11.4. The molecule has 3 aromatic carbocycles. The third-order valence-electron chi connectivity index (χ3n) is 7.77. The fourth-order valence-electron chi connectivity index (χ4n) is 5.30. The molecule has 0 aliphatic heterocycles. The molecule has 0 unspecified atom stereocenters. The summed E-state index contributed by atoms with van der Waals surface area (Å²) < 4.78 is 5.05. The number of rotatable bonds is 11. The first-order valence-electron chi connectivity index (χ1n) is 15.6. The Balaban J connectivity index is 1.27. The van der Waals surface area contributed by atoms with E-state index in [0.717, 1.165) is 58.7 Å². The van der Waals surface area contributed by atoms with Crippen molar-refractivity contribution in [2.75, 3.05) is 42.5 Å². The topological polar surface area (TPSA) is 117 Å². The highest BCUT2D eigenvalue weighted by Gasteiger charge is 2.26. The minimum absolute atomic E-state index is 0.0784. The Morgan fingerprint density at radius 2 is 1.65 bits per heavy atom. The lowest BCUT2D eigenvalue weighted by Crippen LogP contribution is -2.30. The summed E-state index contributed by atoms with van der Waals surface area (Å²) in [5.74, 6) is -1.48. The molecule has 1 aromatic heterocycles. The molecule has 0 atom stereocenters. The number of anilines is 3. The van der Waals surface area contributed by atoms with Crippen molar-refractivity contribution in [1.82, 2.24) is 5.32 Å². The first-order valence-corrected chi connectivity index (χ1v) is 17.4. The van der Waals surface area contributed by atoms with E-state index in [1.54, 1.807) is 48.5 Å². The molecular formula is C37H38N4O5S2. The van der Waals surface area contributed by atoms with E-state index in [-0.39, 0.29) is 17.4 Å². The average Bonchev–Trinajstić information content (AvgIpc) is 3.26. The second-order valence-corrected chi connectivity index (χ2v) is 13.6. The lowest BCUT2D eigenvalue weighted by atomic mass is 10.1. The third-order valence-corrected chi connectivity index (χ3v) is 9.98. The number of carbonyl (C=O) groups excluding carboxylic acids is 4. The van der Waals surface area contributed by atoms with E-state index < -0.39 is 17.8 Å². The van der Waals surface area contributed by atoms with Gasteiger partial charge in [-0.25, -0.2) is 4.79 Å². The Labute approximate surface area is 288 Å². The molecule has 1 heterocycles. The molecule has 5 rings (SSSR count). The summed E-state index contributed by atoms with van der Waals surface area (Å²) >= 11 is 2.77. The molecule has 0 saturated carbocycles. The predicted molar refractivity (Wildman–Crippen MR) is 194 cm³/mol. The minimum Gasteiger partial charge on any atom is -0.465 e. The highest BCUT2D eigenvalue weighted by Crippen LogP contribution is 2.38. The number of nitrogens with one attached hydrogen (secondary N) is 3. The highest BCUT2D eigenvalue weighted by atomic mass is 32.2. The van der Waals surface area contributed by atoms with Crippen molar-refractivity contribution in [3.63, 3.8) is 0 Å². The number of hydrogen-bond acceptors (Lipinski definition) is 8. The van der Waals surface area contributed by atoms with Crippen LogP contribution in [0.15, 0.2) is 89.5 Å². The summed E-state index contributed by atoms with van der Waals surface area (Å²) in [4.78, 5) is 56.1. The molecule has 0 spiro atoms. The number of ether oxygens (including phenoxy) is 1. The maximum Gasteiger partial charge on any atom is 0.341 e. The monoisotopic (exact) mass is 682 g/mol.